The number of guanidine groups is 1. The van der Waals surface area contributed by atoms with Crippen molar-refractivity contribution >= 4 is 29.9 Å². The number of hydrogen-bond acceptors (Lipinski definition) is 6. The number of aryl methyl sites for hydroxylation is 1. The Hall–Kier alpha value is -1.72. The molecular weight excluding hydrogens is 521 g/mol. The number of ether oxygens (including phenoxy) is 2. The van der Waals surface area contributed by atoms with Crippen LogP contribution in [0.2, 0.25) is 0 Å². The maximum atomic E-state index is 5.72. The van der Waals surface area contributed by atoms with Crippen LogP contribution in [0.15, 0.2) is 33.8 Å². The SMILES string of the molecule is CCCc1noc(-c2cccc(CN=C(NCC)NCCCOCC3CCCO3)c2)n1.I. The number of rotatable bonds is 12. The summed E-state index contributed by atoms with van der Waals surface area (Å²) in [5, 5.41) is 10.7. The summed E-state index contributed by atoms with van der Waals surface area (Å²) in [6, 6.07) is 8.08. The van der Waals surface area contributed by atoms with E-state index in [9.17, 15) is 0 Å². The molecule has 0 amide bonds. The Labute approximate surface area is 208 Å². The molecule has 1 fully saturated rings. The summed E-state index contributed by atoms with van der Waals surface area (Å²) in [4.78, 5) is 9.17. The molecule has 2 N–H and O–H groups in total. The molecule has 2 aromatic rings. The Morgan fingerprint density at radius 3 is 2.97 bits per heavy atom. The number of hydrogen-bond donors (Lipinski definition) is 2. The average molecular weight is 557 g/mol. The van der Waals surface area contributed by atoms with E-state index in [0.717, 1.165) is 81.3 Å². The minimum absolute atomic E-state index is 0. The van der Waals surface area contributed by atoms with Crippen LogP contribution in [0.5, 0.6) is 0 Å². The maximum absolute atomic E-state index is 5.72. The highest BCUT2D eigenvalue weighted by molar-refractivity contribution is 14.0. The van der Waals surface area contributed by atoms with Crippen molar-refractivity contribution in [1.82, 2.24) is 20.8 Å². The fourth-order valence-electron chi connectivity index (χ4n) is 3.38. The molecule has 9 heteroatoms. The van der Waals surface area contributed by atoms with Crippen LogP contribution in [0.4, 0.5) is 0 Å². The number of nitrogens with one attached hydrogen (secondary N) is 2. The van der Waals surface area contributed by atoms with Gasteiger partial charge in [-0.3, -0.25) is 0 Å². The Balaban J connectivity index is 0.00000363. The Kier molecular flexibility index (Phi) is 12.6. The van der Waals surface area contributed by atoms with Gasteiger partial charge in [0, 0.05) is 38.3 Å². The molecule has 1 unspecified atom stereocenters. The number of halogens is 1. The molecule has 1 aliphatic rings. The summed E-state index contributed by atoms with van der Waals surface area (Å²) < 4.78 is 16.7. The molecule has 0 aliphatic carbocycles. The van der Waals surface area contributed by atoms with Crippen LogP contribution in [-0.4, -0.2) is 55.1 Å². The summed E-state index contributed by atoms with van der Waals surface area (Å²) >= 11 is 0. The van der Waals surface area contributed by atoms with Crippen molar-refractivity contribution in [2.45, 2.75) is 58.6 Å². The molecule has 0 bridgehead atoms. The second-order valence-electron chi connectivity index (χ2n) is 7.65. The van der Waals surface area contributed by atoms with E-state index in [1.165, 1.54) is 0 Å². The van der Waals surface area contributed by atoms with E-state index in [2.05, 4.69) is 46.8 Å². The van der Waals surface area contributed by atoms with Crippen LogP contribution in [-0.2, 0) is 22.4 Å². The van der Waals surface area contributed by atoms with Gasteiger partial charge < -0.3 is 24.6 Å². The van der Waals surface area contributed by atoms with E-state index in [1.807, 2.05) is 12.1 Å². The zero-order valence-corrected chi connectivity index (χ0v) is 21.5. The third-order valence-electron chi connectivity index (χ3n) is 4.97. The van der Waals surface area contributed by atoms with Gasteiger partial charge in [0.15, 0.2) is 11.8 Å². The molecule has 1 aromatic carbocycles. The number of benzene rings is 1. The van der Waals surface area contributed by atoms with Crippen LogP contribution in [0, 0.1) is 0 Å². The van der Waals surface area contributed by atoms with Crippen molar-refractivity contribution in [3.8, 4) is 11.5 Å². The van der Waals surface area contributed by atoms with Gasteiger partial charge in [0.2, 0.25) is 0 Å². The van der Waals surface area contributed by atoms with Crippen molar-refractivity contribution in [3.05, 3.63) is 35.7 Å². The van der Waals surface area contributed by atoms with E-state index in [-0.39, 0.29) is 30.1 Å². The number of nitrogens with zero attached hydrogens (tertiary/aromatic N) is 3. The summed E-state index contributed by atoms with van der Waals surface area (Å²) in [5.74, 6) is 2.11. The first kappa shape index (κ1) is 26.5. The monoisotopic (exact) mass is 557 g/mol. The molecule has 178 valence electrons. The average Bonchev–Trinajstić information content (AvgIpc) is 3.47. The predicted octanol–water partition coefficient (Wildman–Crippen LogP) is 3.95. The quantitative estimate of drug-likeness (QED) is 0.177. The van der Waals surface area contributed by atoms with Gasteiger partial charge in [-0.15, -0.1) is 24.0 Å². The van der Waals surface area contributed by atoms with Gasteiger partial charge in [0.25, 0.3) is 5.89 Å². The third kappa shape index (κ3) is 9.03. The normalized spacial score (nSPS) is 16.1. The molecule has 32 heavy (non-hydrogen) atoms. The second kappa shape index (κ2) is 15.2. The van der Waals surface area contributed by atoms with Crippen molar-refractivity contribution in [2.75, 3.05) is 32.9 Å². The molecule has 3 rings (SSSR count). The molecule has 2 heterocycles. The van der Waals surface area contributed by atoms with Crippen LogP contribution in [0.3, 0.4) is 0 Å². The smallest absolute Gasteiger partial charge is 0.257 e. The first-order chi connectivity index (χ1) is 15.3. The molecular formula is C23H36IN5O3. The lowest BCUT2D eigenvalue weighted by atomic mass is 10.1. The van der Waals surface area contributed by atoms with E-state index in [4.69, 9.17) is 19.0 Å². The molecule has 1 saturated heterocycles. The zero-order chi connectivity index (χ0) is 21.7. The Morgan fingerprint density at radius 2 is 2.19 bits per heavy atom. The predicted molar refractivity (Wildman–Crippen MR) is 136 cm³/mol. The molecule has 1 atom stereocenters. The second-order valence-corrected chi connectivity index (χ2v) is 7.65. The number of aromatic nitrogens is 2. The van der Waals surface area contributed by atoms with E-state index < -0.39 is 0 Å². The fraction of sp³-hybridized carbons (Fsp3) is 0.609. The summed E-state index contributed by atoms with van der Waals surface area (Å²) in [6.07, 6.45) is 5.29. The van der Waals surface area contributed by atoms with Crippen molar-refractivity contribution in [3.63, 3.8) is 0 Å². The van der Waals surface area contributed by atoms with Gasteiger partial charge in [-0.05, 0) is 50.3 Å². The zero-order valence-electron chi connectivity index (χ0n) is 19.1. The van der Waals surface area contributed by atoms with E-state index >= 15 is 0 Å². The molecule has 8 nitrogen and oxygen atoms in total. The van der Waals surface area contributed by atoms with Crippen LogP contribution < -0.4 is 10.6 Å². The van der Waals surface area contributed by atoms with Crippen LogP contribution in [0.25, 0.3) is 11.5 Å². The van der Waals surface area contributed by atoms with Gasteiger partial charge in [-0.25, -0.2) is 4.99 Å². The lowest BCUT2D eigenvalue weighted by Crippen LogP contribution is -2.38. The van der Waals surface area contributed by atoms with Gasteiger partial charge in [-0.2, -0.15) is 4.98 Å². The first-order valence-corrected chi connectivity index (χ1v) is 11.4. The highest BCUT2D eigenvalue weighted by Gasteiger charge is 2.15. The molecule has 1 aromatic heterocycles. The third-order valence-corrected chi connectivity index (χ3v) is 4.97. The summed E-state index contributed by atoms with van der Waals surface area (Å²) in [5.41, 5.74) is 2.01. The Bertz CT molecular complexity index is 808. The minimum atomic E-state index is 0. The van der Waals surface area contributed by atoms with Crippen molar-refractivity contribution in [2.24, 2.45) is 4.99 Å². The highest BCUT2D eigenvalue weighted by Crippen LogP contribution is 2.19. The van der Waals surface area contributed by atoms with Gasteiger partial charge in [-0.1, -0.05) is 24.2 Å². The van der Waals surface area contributed by atoms with Crippen LogP contribution >= 0.6 is 24.0 Å². The largest absolute Gasteiger partial charge is 0.379 e. The standard InChI is InChI=1S/C23H35N5O3.HI/c1-3-8-21-27-22(31-28-21)19-10-5-9-18(15-19)16-26-23(24-4-2)25-12-7-13-29-17-20-11-6-14-30-20;/h5,9-10,15,20H,3-4,6-8,11-14,16-17H2,1-2H3,(H2,24,25,26);1H. The van der Waals surface area contributed by atoms with E-state index in [1.54, 1.807) is 0 Å². The van der Waals surface area contributed by atoms with Crippen molar-refractivity contribution in [1.29, 1.82) is 0 Å². The molecule has 0 spiro atoms. The minimum Gasteiger partial charge on any atom is -0.379 e. The van der Waals surface area contributed by atoms with E-state index in [0.29, 0.717) is 19.0 Å². The fourth-order valence-corrected chi connectivity index (χ4v) is 3.38. The lowest BCUT2D eigenvalue weighted by molar-refractivity contribution is 0.0168. The topological polar surface area (TPSA) is 93.8 Å². The van der Waals surface area contributed by atoms with Gasteiger partial charge in [0.05, 0.1) is 19.3 Å². The van der Waals surface area contributed by atoms with Gasteiger partial charge >= 0.3 is 0 Å². The highest BCUT2D eigenvalue weighted by atomic mass is 127. The molecule has 0 saturated carbocycles. The summed E-state index contributed by atoms with van der Waals surface area (Å²) in [6.45, 7) is 8.63. The lowest BCUT2D eigenvalue weighted by Gasteiger charge is -2.12. The van der Waals surface area contributed by atoms with Gasteiger partial charge in [0.1, 0.15) is 0 Å². The summed E-state index contributed by atoms with van der Waals surface area (Å²) in [7, 11) is 0. The van der Waals surface area contributed by atoms with Crippen LogP contribution in [0.1, 0.15) is 50.9 Å². The number of aliphatic imine (C=N–C) groups is 1. The maximum Gasteiger partial charge on any atom is 0.257 e. The molecule has 1 aliphatic heterocycles. The molecule has 0 radical (unpaired) electrons. The van der Waals surface area contributed by atoms with Crippen molar-refractivity contribution < 1.29 is 14.0 Å². The first-order valence-electron chi connectivity index (χ1n) is 11.4. The Morgan fingerprint density at radius 1 is 1.28 bits per heavy atom.